The molecule has 4 heterocycles. The number of amides is 1. The third-order valence-corrected chi connectivity index (χ3v) is 13.1. The van der Waals surface area contributed by atoms with E-state index < -0.39 is 89.4 Å². The van der Waals surface area contributed by atoms with Gasteiger partial charge in [-0.3, -0.25) is 14.9 Å². The van der Waals surface area contributed by atoms with Gasteiger partial charge in [0.25, 0.3) is 11.8 Å². The topological polar surface area (TPSA) is 153 Å². The number of benzene rings is 2. The number of thioether (sulfide) groups is 2. The van der Waals surface area contributed by atoms with Crippen LogP contribution in [0.1, 0.15) is 51.7 Å². The number of nitrogens with zero attached hydrogens (tertiary/aromatic N) is 3. The highest BCUT2D eigenvalue weighted by Crippen LogP contribution is 2.46. The van der Waals surface area contributed by atoms with E-state index in [9.17, 15) is 23.8 Å². The summed E-state index contributed by atoms with van der Waals surface area (Å²) in [7, 11) is 6.19. The molecule has 3 N–H and O–H groups in total. The fourth-order valence-corrected chi connectivity index (χ4v) is 9.56. The largest absolute Gasteiger partial charge is 0.497 e. The number of fused-ring (bicyclic) bond motifs is 2. The number of alkyl halides is 4. The minimum Gasteiger partial charge on any atom is -0.497 e. The predicted molar refractivity (Wildman–Crippen MR) is 232 cm³/mol. The molecule has 0 bridgehead atoms. The molecular formula is C43H58F4N4O9S2. The molecular weight excluding hydrogens is 857 g/mol. The first-order valence-corrected chi connectivity index (χ1v) is 22.0. The molecule has 13 nitrogen and oxygen atoms in total. The number of rotatable bonds is 13. The Hall–Kier alpha value is -3.59. The van der Waals surface area contributed by atoms with Crippen molar-refractivity contribution >= 4 is 40.0 Å². The summed E-state index contributed by atoms with van der Waals surface area (Å²) in [6, 6.07) is 12.7. The SMILES string of the molecule is C=CCO[C@H]1[C@H](C)[C@@H](C(F)(F)CCc2ccc(OC)cc2)O[C@@H]2SC(N(C)C(=O)OC(C)(C)C)=N[C@H]12.CN=C1N[C@@H]2[C@@H](O)[C@H](O)[C@@H](C(F)(F)CCc3ccc(OC)cc3)O[C@@H]2S1. The molecule has 2 aromatic carbocycles. The molecule has 0 unspecified atom stereocenters. The van der Waals surface area contributed by atoms with E-state index in [0.717, 1.165) is 34.7 Å². The van der Waals surface area contributed by atoms with Crippen molar-refractivity contribution in [3.8, 4) is 11.5 Å². The van der Waals surface area contributed by atoms with Crippen molar-refractivity contribution in [1.29, 1.82) is 0 Å². The monoisotopic (exact) mass is 914 g/mol. The van der Waals surface area contributed by atoms with Crippen molar-refractivity contribution in [3.63, 3.8) is 0 Å². The van der Waals surface area contributed by atoms with Crippen LogP contribution in [0.3, 0.4) is 0 Å². The maximum atomic E-state index is 15.6. The molecule has 10 atom stereocenters. The van der Waals surface area contributed by atoms with E-state index in [1.165, 1.54) is 12.0 Å². The first kappa shape index (κ1) is 49.4. The standard InChI is InChI=1S/C26H36F2N2O5S.C17H22F2N2O4S/c1-8-15-33-20-16(2)21(26(27,28)14-13-17-9-11-18(32-7)12-10-17)34-22-19(20)29-23(36-22)30(6)24(31)35-25(3,4)5;1-20-16-21-11-12(22)13(23)14(25-15(11)26-16)17(18,19)8-7-9-3-5-10(24-2)6-4-9/h8-12,16,19-22H,1,13-15H2,2-7H3;3-6,11-15,22-23H,7-8H2,1-2H3,(H,20,21)/t16-,19+,20-,21-,22+;11-,12-,13+,14+,15-/m01/s1. The van der Waals surface area contributed by atoms with E-state index in [4.69, 9.17) is 28.4 Å². The number of ether oxygens (including phenoxy) is 6. The quantitative estimate of drug-likeness (QED) is 0.141. The molecule has 62 heavy (non-hydrogen) atoms. The van der Waals surface area contributed by atoms with Crippen molar-refractivity contribution in [1.82, 2.24) is 10.2 Å². The van der Waals surface area contributed by atoms with Gasteiger partial charge in [-0.2, -0.15) is 0 Å². The van der Waals surface area contributed by atoms with Crippen LogP contribution in [0.5, 0.6) is 11.5 Å². The van der Waals surface area contributed by atoms with Crippen molar-refractivity contribution in [2.75, 3.05) is 34.9 Å². The van der Waals surface area contributed by atoms with Gasteiger partial charge < -0.3 is 44.0 Å². The van der Waals surface area contributed by atoms with E-state index >= 15 is 8.78 Å². The van der Waals surface area contributed by atoms with Gasteiger partial charge in [0.15, 0.2) is 16.4 Å². The predicted octanol–water partition coefficient (Wildman–Crippen LogP) is 6.93. The minimum atomic E-state index is -3.29. The van der Waals surface area contributed by atoms with E-state index in [1.54, 1.807) is 104 Å². The van der Waals surface area contributed by atoms with E-state index in [1.807, 2.05) is 0 Å². The summed E-state index contributed by atoms with van der Waals surface area (Å²) in [4.78, 5) is 22.4. The Bertz CT molecular complexity index is 1870. The Kier molecular flexibility index (Phi) is 16.7. The number of hydrogen-bond acceptors (Lipinski definition) is 13. The van der Waals surface area contributed by atoms with Crippen LogP contribution < -0.4 is 14.8 Å². The third-order valence-electron chi connectivity index (χ3n) is 10.7. The smallest absolute Gasteiger partial charge is 0.416 e. The van der Waals surface area contributed by atoms with Gasteiger partial charge in [-0.15, -0.1) is 6.58 Å². The lowest BCUT2D eigenvalue weighted by Gasteiger charge is -2.44. The number of carbonyl (C=O) groups excluding carboxylic acids is 1. The number of methoxy groups -OCH3 is 2. The fraction of sp³-hybridized carbons (Fsp3) is 0.605. The number of halogens is 4. The first-order chi connectivity index (χ1) is 29.2. The highest BCUT2D eigenvalue weighted by molar-refractivity contribution is 8.14. The number of aryl methyl sites for hydroxylation is 2. The molecule has 344 valence electrons. The van der Waals surface area contributed by atoms with Crippen LogP contribution in [0.2, 0.25) is 0 Å². The Labute approximate surface area is 369 Å². The lowest BCUT2D eigenvalue weighted by Crippen LogP contribution is -2.63. The van der Waals surface area contributed by atoms with Gasteiger partial charge in [-0.05, 0) is 69.0 Å². The summed E-state index contributed by atoms with van der Waals surface area (Å²) in [6.45, 7) is 10.9. The molecule has 6 rings (SSSR count). The van der Waals surface area contributed by atoms with Gasteiger partial charge in [-0.25, -0.2) is 22.4 Å². The van der Waals surface area contributed by atoms with E-state index in [2.05, 4.69) is 21.9 Å². The molecule has 0 aromatic heterocycles. The summed E-state index contributed by atoms with van der Waals surface area (Å²) < 4.78 is 93.5. The second kappa shape index (κ2) is 20.9. The van der Waals surface area contributed by atoms with E-state index in [-0.39, 0.29) is 25.9 Å². The zero-order valence-corrected chi connectivity index (χ0v) is 37.8. The average Bonchev–Trinajstić information content (AvgIpc) is 3.87. The second-order valence-electron chi connectivity index (χ2n) is 16.4. The van der Waals surface area contributed by atoms with Crippen molar-refractivity contribution in [2.24, 2.45) is 15.9 Å². The Morgan fingerprint density at radius 3 is 1.94 bits per heavy atom. The summed E-state index contributed by atoms with van der Waals surface area (Å²) in [5, 5.41) is 24.1. The van der Waals surface area contributed by atoms with Crippen LogP contribution in [0, 0.1) is 5.92 Å². The second-order valence-corrected chi connectivity index (χ2v) is 18.5. The van der Waals surface area contributed by atoms with Crippen LogP contribution in [0.25, 0.3) is 0 Å². The maximum Gasteiger partial charge on any atom is 0.416 e. The van der Waals surface area contributed by atoms with Crippen LogP contribution in [-0.2, 0) is 31.8 Å². The number of aliphatic hydroxyl groups excluding tert-OH is 2. The number of hydrogen-bond donors (Lipinski definition) is 3. The van der Waals surface area contributed by atoms with Gasteiger partial charge in [-0.1, -0.05) is 60.8 Å². The van der Waals surface area contributed by atoms with Crippen LogP contribution in [0.15, 0.2) is 71.2 Å². The van der Waals surface area contributed by atoms with E-state index in [0.29, 0.717) is 21.8 Å². The minimum absolute atomic E-state index is 0.112. The summed E-state index contributed by atoms with van der Waals surface area (Å²) in [5.74, 6) is -5.72. The maximum absolute atomic E-state index is 15.6. The zero-order chi connectivity index (χ0) is 45.6. The van der Waals surface area contributed by atoms with Crippen LogP contribution >= 0.6 is 23.5 Å². The lowest BCUT2D eigenvalue weighted by molar-refractivity contribution is -0.236. The third kappa shape index (κ3) is 12.1. The van der Waals surface area contributed by atoms with Gasteiger partial charge in [0.1, 0.15) is 52.3 Å². The Balaban J connectivity index is 0.000000246. The zero-order valence-electron chi connectivity index (χ0n) is 36.1. The fourth-order valence-electron chi connectivity index (χ4n) is 7.33. The highest BCUT2D eigenvalue weighted by Gasteiger charge is 2.58. The van der Waals surface area contributed by atoms with Gasteiger partial charge in [0.2, 0.25) is 0 Å². The molecule has 3 saturated heterocycles. The molecule has 19 heteroatoms. The molecule has 3 fully saturated rings. The molecule has 4 aliphatic heterocycles. The average molecular weight is 915 g/mol. The van der Waals surface area contributed by atoms with Crippen molar-refractivity contribution < 1.29 is 61.0 Å². The Morgan fingerprint density at radius 1 is 0.903 bits per heavy atom. The molecule has 2 aromatic rings. The highest BCUT2D eigenvalue weighted by atomic mass is 32.2. The normalized spacial score (nSPS) is 29.0. The molecule has 1 amide bonds. The lowest BCUT2D eigenvalue weighted by atomic mass is 9.85. The van der Waals surface area contributed by atoms with Gasteiger partial charge in [0, 0.05) is 32.9 Å². The molecule has 0 radical (unpaired) electrons. The number of carbonyl (C=O) groups is 1. The first-order valence-electron chi connectivity index (χ1n) is 20.2. The summed E-state index contributed by atoms with van der Waals surface area (Å²) in [5.41, 5.74) is -0.598. The van der Waals surface area contributed by atoms with Crippen molar-refractivity contribution in [3.05, 3.63) is 72.3 Å². The van der Waals surface area contributed by atoms with Crippen LogP contribution in [-0.4, -0.2) is 137 Å². The molecule has 0 saturated carbocycles. The van der Waals surface area contributed by atoms with Crippen molar-refractivity contribution in [2.45, 2.75) is 124 Å². The summed E-state index contributed by atoms with van der Waals surface area (Å²) >= 11 is 2.27. The molecule has 0 aliphatic carbocycles. The number of amidine groups is 2. The Morgan fingerprint density at radius 2 is 1.44 bits per heavy atom. The molecule has 4 aliphatic rings. The molecule has 0 spiro atoms. The van der Waals surface area contributed by atoms with Crippen LogP contribution in [0.4, 0.5) is 22.4 Å². The summed E-state index contributed by atoms with van der Waals surface area (Å²) in [6.07, 6.45) is -6.41. The van der Waals surface area contributed by atoms with Gasteiger partial charge in [0.05, 0.1) is 33.0 Å². The van der Waals surface area contributed by atoms with Gasteiger partial charge >= 0.3 is 6.09 Å². The number of nitrogens with one attached hydrogen (secondary N) is 1. The number of aliphatic hydroxyl groups is 2. The number of aliphatic imine (C=N–C) groups is 2.